The van der Waals surface area contributed by atoms with E-state index in [4.69, 9.17) is 5.73 Å². The summed E-state index contributed by atoms with van der Waals surface area (Å²) in [4.78, 5) is 0. The number of halogens is 5. The average Bonchev–Trinajstić information content (AvgIpc) is 2.38. The number of rotatable bonds is 2. The molecule has 0 aliphatic rings. The van der Waals surface area contributed by atoms with Crippen LogP contribution in [-0.4, -0.2) is 7.25 Å². The maximum absolute atomic E-state index is 9.75. The Morgan fingerprint density at radius 3 is 1.85 bits per heavy atom. The van der Waals surface area contributed by atoms with Crippen LogP contribution in [0.15, 0.2) is 48.5 Å². The summed E-state index contributed by atoms with van der Waals surface area (Å²) in [5, 5.41) is 0. The van der Waals surface area contributed by atoms with E-state index in [-0.39, 0.29) is 0 Å². The number of benzene rings is 2. The molecule has 0 spiro atoms. The summed E-state index contributed by atoms with van der Waals surface area (Å²) in [5.41, 5.74) is 9.26. The lowest BCUT2D eigenvalue weighted by Gasteiger charge is -2.05. The Kier molecular flexibility index (Phi) is 6.48. The van der Waals surface area contributed by atoms with Gasteiger partial charge in [0.25, 0.3) is 0 Å². The van der Waals surface area contributed by atoms with E-state index >= 15 is 0 Å². The molecule has 0 fully saturated rings. The molecule has 0 aliphatic carbocycles. The minimum Gasteiger partial charge on any atom is -0.418 e. The summed E-state index contributed by atoms with van der Waals surface area (Å²) >= 11 is 2.36. The standard InChI is InChI=1S/C13H12IN.BF4/c14-13-4-2-1-3-12(13)11-7-5-10(9-15)6-8-11;2-1(3,4)5/h1-8H,9,15H2;/q;-1. The predicted molar refractivity (Wildman–Crippen MR) is 82.7 cm³/mol. The maximum Gasteiger partial charge on any atom is 0.673 e. The van der Waals surface area contributed by atoms with Crippen molar-refractivity contribution in [3.05, 3.63) is 57.7 Å². The van der Waals surface area contributed by atoms with Crippen molar-refractivity contribution in [3.63, 3.8) is 0 Å². The summed E-state index contributed by atoms with van der Waals surface area (Å²) in [6, 6.07) is 16.8. The van der Waals surface area contributed by atoms with Crippen LogP contribution in [0.5, 0.6) is 0 Å². The van der Waals surface area contributed by atoms with Gasteiger partial charge in [-0.1, -0.05) is 42.5 Å². The SMILES string of the molecule is F[B-](F)(F)F.NCc1ccc(-c2ccccc2I)cc1. The second-order valence-electron chi connectivity index (χ2n) is 3.88. The molecule has 7 heteroatoms. The fraction of sp³-hybridized carbons (Fsp3) is 0.0769. The molecule has 0 saturated carbocycles. The van der Waals surface area contributed by atoms with Gasteiger partial charge in [0, 0.05) is 10.1 Å². The zero-order valence-corrected chi connectivity index (χ0v) is 12.5. The monoisotopic (exact) mass is 396 g/mol. The normalized spacial score (nSPS) is 10.7. The highest BCUT2D eigenvalue weighted by Gasteiger charge is 2.20. The van der Waals surface area contributed by atoms with Crippen LogP contribution in [0.4, 0.5) is 17.3 Å². The van der Waals surface area contributed by atoms with E-state index in [0.717, 1.165) is 0 Å². The average molecular weight is 396 g/mol. The second kappa shape index (κ2) is 7.63. The lowest BCUT2D eigenvalue weighted by Crippen LogP contribution is -2.02. The molecule has 2 aromatic carbocycles. The van der Waals surface area contributed by atoms with Crippen molar-refractivity contribution in [1.82, 2.24) is 0 Å². The Hall–Kier alpha value is -1.09. The van der Waals surface area contributed by atoms with Gasteiger partial charge < -0.3 is 23.0 Å². The molecule has 20 heavy (non-hydrogen) atoms. The van der Waals surface area contributed by atoms with Gasteiger partial charge in [-0.05, 0) is 45.3 Å². The summed E-state index contributed by atoms with van der Waals surface area (Å²) in [6.07, 6.45) is 0. The molecule has 0 atom stereocenters. The molecule has 0 amide bonds. The van der Waals surface area contributed by atoms with Gasteiger partial charge in [-0.25, -0.2) is 0 Å². The Labute approximate surface area is 128 Å². The first kappa shape index (κ1) is 17.0. The van der Waals surface area contributed by atoms with Crippen molar-refractivity contribution in [2.75, 3.05) is 0 Å². The molecule has 0 saturated heterocycles. The minimum atomic E-state index is -6.00. The quantitative estimate of drug-likeness (QED) is 0.444. The van der Waals surface area contributed by atoms with Crippen molar-refractivity contribution in [3.8, 4) is 11.1 Å². The first-order valence-electron chi connectivity index (χ1n) is 5.72. The van der Waals surface area contributed by atoms with E-state index in [2.05, 4.69) is 71.1 Å². The van der Waals surface area contributed by atoms with Crippen LogP contribution >= 0.6 is 22.6 Å². The van der Waals surface area contributed by atoms with Gasteiger partial charge in [-0.15, -0.1) is 0 Å². The van der Waals surface area contributed by atoms with Gasteiger partial charge in [0.15, 0.2) is 0 Å². The number of hydrogen-bond acceptors (Lipinski definition) is 1. The predicted octanol–water partition coefficient (Wildman–Crippen LogP) is 4.72. The topological polar surface area (TPSA) is 26.0 Å². The lowest BCUT2D eigenvalue weighted by atomic mass is 10.0. The van der Waals surface area contributed by atoms with Crippen molar-refractivity contribution in [1.29, 1.82) is 0 Å². The molecular weight excluding hydrogens is 384 g/mol. The molecular formula is C13H12BF4IN-. The summed E-state index contributed by atoms with van der Waals surface area (Å²) in [7, 11) is -6.00. The van der Waals surface area contributed by atoms with E-state index in [9.17, 15) is 17.3 Å². The molecule has 108 valence electrons. The third kappa shape index (κ3) is 6.38. The Morgan fingerprint density at radius 1 is 0.900 bits per heavy atom. The van der Waals surface area contributed by atoms with Crippen molar-refractivity contribution < 1.29 is 17.3 Å². The van der Waals surface area contributed by atoms with Gasteiger partial charge in [0.1, 0.15) is 0 Å². The molecule has 2 aromatic rings. The number of hydrogen-bond donors (Lipinski definition) is 1. The zero-order valence-electron chi connectivity index (χ0n) is 10.4. The van der Waals surface area contributed by atoms with Crippen LogP contribution in [0.1, 0.15) is 5.56 Å². The fourth-order valence-corrected chi connectivity index (χ4v) is 2.21. The van der Waals surface area contributed by atoms with E-state index in [1.54, 1.807) is 0 Å². The van der Waals surface area contributed by atoms with Crippen LogP contribution in [0, 0.1) is 3.57 Å². The highest BCUT2D eigenvalue weighted by atomic mass is 127. The molecule has 2 rings (SSSR count). The van der Waals surface area contributed by atoms with Crippen LogP contribution < -0.4 is 5.73 Å². The van der Waals surface area contributed by atoms with Gasteiger partial charge in [0.05, 0.1) is 0 Å². The summed E-state index contributed by atoms with van der Waals surface area (Å²) in [5.74, 6) is 0. The van der Waals surface area contributed by atoms with Crippen molar-refractivity contribution >= 4 is 29.8 Å². The van der Waals surface area contributed by atoms with Crippen LogP contribution in [0.2, 0.25) is 0 Å². The van der Waals surface area contributed by atoms with Gasteiger partial charge in [0.2, 0.25) is 0 Å². The zero-order chi connectivity index (χ0) is 15.2. The van der Waals surface area contributed by atoms with Crippen molar-refractivity contribution in [2.24, 2.45) is 5.73 Å². The highest BCUT2D eigenvalue weighted by molar-refractivity contribution is 14.1. The maximum atomic E-state index is 9.75. The molecule has 0 unspecified atom stereocenters. The highest BCUT2D eigenvalue weighted by Crippen LogP contribution is 2.24. The molecule has 0 radical (unpaired) electrons. The molecule has 1 nitrogen and oxygen atoms in total. The lowest BCUT2D eigenvalue weighted by molar-refractivity contribution is 0.368. The Bertz CT molecular complexity index is 537. The largest absolute Gasteiger partial charge is 0.673 e. The first-order chi connectivity index (χ1) is 9.31. The Balaban J connectivity index is 0.000000347. The van der Waals surface area contributed by atoms with E-state index < -0.39 is 7.25 Å². The Morgan fingerprint density at radius 2 is 1.40 bits per heavy atom. The van der Waals surface area contributed by atoms with E-state index in [1.807, 2.05) is 0 Å². The van der Waals surface area contributed by atoms with Gasteiger partial charge >= 0.3 is 7.25 Å². The van der Waals surface area contributed by atoms with E-state index in [1.165, 1.54) is 20.3 Å². The molecule has 0 aliphatic heterocycles. The third-order valence-electron chi connectivity index (χ3n) is 2.37. The molecule has 2 N–H and O–H groups in total. The van der Waals surface area contributed by atoms with Gasteiger partial charge in [-0.3, -0.25) is 0 Å². The molecule has 0 bridgehead atoms. The van der Waals surface area contributed by atoms with Crippen LogP contribution in [0.25, 0.3) is 11.1 Å². The van der Waals surface area contributed by atoms with E-state index in [0.29, 0.717) is 6.54 Å². The van der Waals surface area contributed by atoms with Gasteiger partial charge in [-0.2, -0.15) is 0 Å². The molecule has 0 heterocycles. The molecule has 0 aromatic heterocycles. The second-order valence-corrected chi connectivity index (χ2v) is 5.04. The summed E-state index contributed by atoms with van der Waals surface area (Å²) in [6.45, 7) is 0.603. The smallest absolute Gasteiger partial charge is 0.418 e. The number of nitrogens with two attached hydrogens (primary N) is 1. The third-order valence-corrected chi connectivity index (χ3v) is 3.32. The van der Waals surface area contributed by atoms with Crippen LogP contribution in [0.3, 0.4) is 0 Å². The minimum absolute atomic E-state index is 0.603. The summed E-state index contributed by atoms with van der Waals surface area (Å²) < 4.78 is 40.3. The fourth-order valence-electron chi connectivity index (χ4n) is 1.52. The van der Waals surface area contributed by atoms with Crippen molar-refractivity contribution in [2.45, 2.75) is 6.54 Å². The van der Waals surface area contributed by atoms with Crippen LogP contribution in [-0.2, 0) is 6.54 Å². The first-order valence-corrected chi connectivity index (χ1v) is 6.80.